The highest BCUT2D eigenvalue weighted by Crippen LogP contribution is 2.28. The summed E-state index contributed by atoms with van der Waals surface area (Å²) < 4.78 is 39.0. The third-order valence-corrected chi connectivity index (χ3v) is 3.87. The Morgan fingerprint density at radius 3 is 2.62 bits per heavy atom. The lowest BCUT2D eigenvalue weighted by molar-refractivity contribution is -0.141. The summed E-state index contributed by atoms with van der Waals surface area (Å²) in [6, 6.07) is 1.21. The molecule has 0 radical (unpaired) electrons. The highest BCUT2D eigenvalue weighted by atomic mass is 19.4. The molecular formula is C14H20F3N3O. The molecule has 1 heterocycles. The van der Waals surface area contributed by atoms with Crippen LogP contribution in [0.1, 0.15) is 44.0 Å². The molecule has 1 saturated carbocycles. The molecule has 0 spiro atoms. The molecule has 4 nitrogen and oxygen atoms in total. The summed E-state index contributed by atoms with van der Waals surface area (Å²) in [5.74, 6) is -0.532. The van der Waals surface area contributed by atoms with Crippen LogP contribution in [0.5, 0.6) is 0 Å². The number of carbonyl (C=O) groups is 1. The Hall–Kier alpha value is -1.53. The number of halogens is 3. The van der Waals surface area contributed by atoms with Crippen LogP contribution in [-0.4, -0.2) is 21.7 Å². The van der Waals surface area contributed by atoms with Crippen molar-refractivity contribution >= 4 is 5.91 Å². The van der Waals surface area contributed by atoms with E-state index in [-0.39, 0.29) is 18.5 Å². The number of carbonyl (C=O) groups excluding carboxylic acids is 1. The molecule has 1 aromatic heterocycles. The average Bonchev–Trinajstić information content (AvgIpc) is 2.99. The number of hydrogen-bond acceptors (Lipinski definition) is 2. The topological polar surface area (TPSA) is 46.9 Å². The lowest BCUT2D eigenvalue weighted by atomic mass is 10.1. The van der Waals surface area contributed by atoms with Crippen LogP contribution in [0.3, 0.4) is 0 Å². The fourth-order valence-electron chi connectivity index (χ4n) is 2.59. The molecule has 1 aromatic rings. The molecular weight excluding hydrogens is 283 g/mol. The van der Waals surface area contributed by atoms with E-state index in [0.717, 1.165) is 31.7 Å². The Kier molecular flexibility index (Phi) is 4.58. The third kappa shape index (κ3) is 3.98. The van der Waals surface area contributed by atoms with Crippen molar-refractivity contribution < 1.29 is 18.0 Å². The Bertz CT molecular complexity index is 504. The normalized spacial score (nSPS) is 18.0. The second-order valence-electron chi connectivity index (χ2n) is 5.74. The first-order valence-corrected chi connectivity index (χ1v) is 7.19. The van der Waals surface area contributed by atoms with Crippen molar-refractivity contribution in [2.24, 2.45) is 5.92 Å². The first-order chi connectivity index (χ1) is 9.77. The van der Waals surface area contributed by atoms with Gasteiger partial charge in [0, 0.05) is 11.7 Å². The van der Waals surface area contributed by atoms with Gasteiger partial charge in [0.15, 0.2) is 5.69 Å². The zero-order valence-electron chi connectivity index (χ0n) is 12.2. The molecule has 2 rings (SSSR count). The van der Waals surface area contributed by atoms with Gasteiger partial charge in [0.2, 0.25) is 5.91 Å². The summed E-state index contributed by atoms with van der Waals surface area (Å²) >= 11 is 0. The summed E-state index contributed by atoms with van der Waals surface area (Å²) in [7, 11) is 0. The number of aryl methyl sites for hydroxylation is 1. The number of rotatable bonds is 4. The summed E-state index contributed by atoms with van der Waals surface area (Å²) in [5.41, 5.74) is -0.508. The average molecular weight is 303 g/mol. The van der Waals surface area contributed by atoms with Gasteiger partial charge in [-0.2, -0.15) is 18.3 Å². The minimum absolute atomic E-state index is 0.120. The van der Waals surface area contributed by atoms with Crippen LogP contribution in [0, 0.1) is 12.8 Å². The second-order valence-corrected chi connectivity index (χ2v) is 5.74. The van der Waals surface area contributed by atoms with E-state index in [9.17, 15) is 18.0 Å². The summed E-state index contributed by atoms with van der Waals surface area (Å²) in [5, 5.41) is 6.50. The van der Waals surface area contributed by atoms with Gasteiger partial charge in [-0.3, -0.25) is 9.48 Å². The number of nitrogens with one attached hydrogen (secondary N) is 1. The van der Waals surface area contributed by atoms with Gasteiger partial charge < -0.3 is 5.32 Å². The van der Waals surface area contributed by atoms with Crippen molar-refractivity contribution in [2.75, 3.05) is 0 Å². The maximum atomic E-state index is 12.6. The van der Waals surface area contributed by atoms with E-state index in [4.69, 9.17) is 0 Å². The third-order valence-electron chi connectivity index (χ3n) is 3.87. The number of alkyl halides is 3. The predicted octanol–water partition coefficient (Wildman–Crippen LogP) is 2.91. The Labute approximate surface area is 121 Å². The van der Waals surface area contributed by atoms with Gasteiger partial charge in [0.25, 0.3) is 0 Å². The molecule has 1 N–H and O–H groups in total. The lowest BCUT2D eigenvalue weighted by Gasteiger charge is -2.17. The minimum atomic E-state index is -4.45. The Morgan fingerprint density at radius 2 is 2.10 bits per heavy atom. The standard InChI is InChI=1S/C14H20F3N3O/c1-9(13(21)18-11-5-3-4-6-11)8-20-10(2)7-12(19-20)14(15,16)17/h7,9,11H,3-6,8H2,1-2H3,(H,18,21). The SMILES string of the molecule is Cc1cc(C(F)(F)F)nn1CC(C)C(=O)NC1CCCC1. The van der Waals surface area contributed by atoms with Crippen LogP contribution in [-0.2, 0) is 17.5 Å². The van der Waals surface area contributed by atoms with Crippen LogP contribution in [0.25, 0.3) is 0 Å². The van der Waals surface area contributed by atoms with Crippen LogP contribution >= 0.6 is 0 Å². The molecule has 1 atom stereocenters. The second kappa shape index (κ2) is 6.07. The zero-order valence-corrected chi connectivity index (χ0v) is 12.2. The molecule has 1 aliphatic carbocycles. The fourth-order valence-corrected chi connectivity index (χ4v) is 2.59. The molecule has 0 saturated heterocycles. The van der Waals surface area contributed by atoms with Gasteiger partial charge in [-0.25, -0.2) is 0 Å². The highest BCUT2D eigenvalue weighted by Gasteiger charge is 2.34. The molecule has 1 amide bonds. The van der Waals surface area contributed by atoms with E-state index in [1.807, 2.05) is 0 Å². The first-order valence-electron chi connectivity index (χ1n) is 7.19. The Morgan fingerprint density at radius 1 is 1.48 bits per heavy atom. The van der Waals surface area contributed by atoms with Gasteiger partial charge in [-0.1, -0.05) is 19.8 Å². The number of hydrogen-bond donors (Lipinski definition) is 1. The molecule has 1 aliphatic rings. The van der Waals surface area contributed by atoms with Crippen molar-refractivity contribution in [3.8, 4) is 0 Å². The van der Waals surface area contributed by atoms with E-state index in [2.05, 4.69) is 10.4 Å². The summed E-state index contributed by atoms with van der Waals surface area (Å²) in [6.45, 7) is 3.42. The number of amides is 1. The lowest BCUT2D eigenvalue weighted by Crippen LogP contribution is -2.38. The van der Waals surface area contributed by atoms with Crippen molar-refractivity contribution in [1.29, 1.82) is 0 Å². The summed E-state index contributed by atoms with van der Waals surface area (Å²) in [6.07, 6.45) is -0.251. The molecule has 0 aliphatic heterocycles. The maximum absolute atomic E-state index is 12.6. The molecule has 0 bridgehead atoms. The van der Waals surface area contributed by atoms with Crippen molar-refractivity contribution in [2.45, 2.75) is 58.3 Å². The maximum Gasteiger partial charge on any atom is 0.435 e. The molecule has 1 unspecified atom stereocenters. The van der Waals surface area contributed by atoms with Crippen LogP contribution in [0.2, 0.25) is 0 Å². The largest absolute Gasteiger partial charge is 0.435 e. The fraction of sp³-hybridized carbons (Fsp3) is 0.714. The Balaban J connectivity index is 1.97. The summed E-state index contributed by atoms with van der Waals surface area (Å²) in [4.78, 5) is 12.0. The smallest absolute Gasteiger partial charge is 0.353 e. The molecule has 21 heavy (non-hydrogen) atoms. The highest BCUT2D eigenvalue weighted by molar-refractivity contribution is 5.78. The predicted molar refractivity (Wildman–Crippen MR) is 71.5 cm³/mol. The number of aromatic nitrogens is 2. The molecule has 0 aromatic carbocycles. The van der Waals surface area contributed by atoms with Gasteiger partial charge in [0.1, 0.15) is 0 Å². The minimum Gasteiger partial charge on any atom is -0.353 e. The first kappa shape index (κ1) is 15.9. The quantitative estimate of drug-likeness (QED) is 0.929. The molecule has 118 valence electrons. The van der Waals surface area contributed by atoms with E-state index >= 15 is 0 Å². The van der Waals surface area contributed by atoms with E-state index in [1.54, 1.807) is 13.8 Å². The van der Waals surface area contributed by atoms with Crippen LogP contribution in [0.4, 0.5) is 13.2 Å². The number of nitrogens with zero attached hydrogens (tertiary/aromatic N) is 2. The van der Waals surface area contributed by atoms with E-state index in [1.165, 1.54) is 4.68 Å². The van der Waals surface area contributed by atoms with Crippen LogP contribution in [0.15, 0.2) is 6.07 Å². The van der Waals surface area contributed by atoms with E-state index in [0.29, 0.717) is 5.69 Å². The van der Waals surface area contributed by atoms with Crippen LogP contribution < -0.4 is 5.32 Å². The van der Waals surface area contributed by atoms with Gasteiger partial charge >= 0.3 is 6.18 Å². The van der Waals surface area contributed by atoms with Crippen molar-refractivity contribution in [1.82, 2.24) is 15.1 Å². The molecule has 1 fully saturated rings. The van der Waals surface area contributed by atoms with E-state index < -0.39 is 17.8 Å². The monoisotopic (exact) mass is 303 g/mol. The van der Waals surface area contributed by atoms with Crippen molar-refractivity contribution in [3.05, 3.63) is 17.5 Å². The zero-order chi connectivity index (χ0) is 15.6. The van der Waals surface area contributed by atoms with Gasteiger partial charge in [-0.15, -0.1) is 0 Å². The molecule has 7 heteroatoms. The van der Waals surface area contributed by atoms with Gasteiger partial charge in [-0.05, 0) is 25.8 Å². The van der Waals surface area contributed by atoms with Crippen molar-refractivity contribution in [3.63, 3.8) is 0 Å². The van der Waals surface area contributed by atoms with Gasteiger partial charge in [0.05, 0.1) is 12.5 Å².